The Hall–Kier alpha value is -2.25. The van der Waals surface area contributed by atoms with E-state index in [2.05, 4.69) is 5.32 Å². The van der Waals surface area contributed by atoms with Crippen molar-refractivity contribution in [3.63, 3.8) is 0 Å². The van der Waals surface area contributed by atoms with Gasteiger partial charge in [-0.3, -0.25) is 9.10 Å². The van der Waals surface area contributed by atoms with Crippen LogP contribution in [0.15, 0.2) is 42.5 Å². The maximum absolute atomic E-state index is 12.2. The van der Waals surface area contributed by atoms with Gasteiger partial charge in [0.1, 0.15) is 5.75 Å². The molecule has 28 heavy (non-hydrogen) atoms. The van der Waals surface area contributed by atoms with Crippen LogP contribution >= 0.6 is 11.6 Å². The minimum Gasteiger partial charge on any atom is -0.494 e. The van der Waals surface area contributed by atoms with Crippen molar-refractivity contribution in [1.29, 1.82) is 0 Å². The number of hydrogen-bond acceptors (Lipinski definition) is 4. The van der Waals surface area contributed by atoms with Gasteiger partial charge in [0.2, 0.25) is 15.9 Å². The fraction of sp³-hybridized carbons (Fsp3) is 0.350. The van der Waals surface area contributed by atoms with Crippen molar-refractivity contribution >= 4 is 38.9 Å². The number of rotatable bonds is 9. The molecule has 1 amide bonds. The van der Waals surface area contributed by atoms with E-state index in [1.807, 2.05) is 13.8 Å². The maximum atomic E-state index is 12.2. The average Bonchev–Trinajstić information content (AvgIpc) is 2.63. The van der Waals surface area contributed by atoms with Gasteiger partial charge in [0.05, 0.1) is 18.6 Å². The molecule has 0 spiro atoms. The molecule has 0 heterocycles. The van der Waals surface area contributed by atoms with Crippen molar-refractivity contribution in [2.24, 2.45) is 0 Å². The first-order valence-electron chi connectivity index (χ1n) is 8.98. The van der Waals surface area contributed by atoms with Gasteiger partial charge in [-0.15, -0.1) is 0 Å². The zero-order valence-corrected chi connectivity index (χ0v) is 17.8. The number of sulfonamides is 1. The molecule has 0 aliphatic rings. The Balaban J connectivity index is 1.98. The number of nitrogens with one attached hydrogen (secondary N) is 1. The molecule has 2 aromatic rings. The second kappa shape index (κ2) is 9.80. The summed E-state index contributed by atoms with van der Waals surface area (Å²) in [6.45, 7) is 4.45. The molecule has 0 aliphatic heterocycles. The molecular formula is C20H25ClN2O4S. The lowest BCUT2D eigenvalue weighted by Gasteiger charge is -2.22. The van der Waals surface area contributed by atoms with E-state index in [1.54, 1.807) is 42.5 Å². The lowest BCUT2D eigenvalue weighted by Crippen LogP contribution is -2.31. The van der Waals surface area contributed by atoms with Gasteiger partial charge in [-0.25, -0.2) is 8.42 Å². The number of hydrogen-bond donors (Lipinski definition) is 1. The quantitative estimate of drug-likeness (QED) is 0.653. The molecular weight excluding hydrogens is 400 g/mol. The third-order valence-electron chi connectivity index (χ3n) is 4.14. The Labute approximate surface area is 171 Å². The van der Waals surface area contributed by atoms with E-state index in [4.69, 9.17) is 16.3 Å². The lowest BCUT2D eigenvalue weighted by molar-refractivity contribution is -0.116. The number of amides is 1. The minimum atomic E-state index is -3.47. The molecule has 1 N–H and O–H groups in total. The van der Waals surface area contributed by atoms with Gasteiger partial charge in [0.25, 0.3) is 0 Å². The maximum Gasteiger partial charge on any atom is 0.232 e. The van der Waals surface area contributed by atoms with Crippen molar-refractivity contribution in [1.82, 2.24) is 0 Å². The number of benzene rings is 2. The highest BCUT2D eigenvalue weighted by atomic mass is 35.5. The van der Waals surface area contributed by atoms with Crippen molar-refractivity contribution in [3.05, 3.63) is 53.1 Å². The molecule has 0 aliphatic carbocycles. The molecule has 2 rings (SSSR count). The van der Waals surface area contributed by atoms with Gasteiger partial charge in [0, 0.05) is 23.7 Å². The molecule has 0 unspecified atom stereocenters. The summed E-state index contributed by atoms with van der Waals surface area (Å²) in [5.74, 6) is 0.487. The Morgan fingerprint density at radius 2 is 1.86 bits per heavy atom. The molecule has 0 bridgehead atoms. The summed E-state index contributed by atoms with van der Waals surface area (Å²) in [6, 6.07) is 12.2. The molecule has 0 saturated heterocycles. The SMILES string of the molecule is CCOc1ccc(N(CCCC(=O)Nc2cccc(Cl)c2C)S(C)(=O)=O)cc1. The van der Waals surface area contributed by atoms with Gasteiger partial charge in [-0.05, 0) is 62.2 Å². The Bertz CT molecular complexity index is 914. The molecule has 8 heteroatoms. The second-order valence-corrected chi connectivity index (χ2v) is 8.64. The van der Waals surface area contributed by atoms with Crippen LogP contribution in [0.3, 0.4) is 0 Å². The van der Waals surface area contributed by atoms with Crippen molar-refractivity contribution in [3.8, 4) is 5.75 Å². The number of ether oxygens (including phenoxy) is 1. The van der Waals surface area contributed by atoms with Crippen LogP contribution in [-0.4, -0.2) is 33.7 Å². The molecule has 152 valence electrons. The van der Waals surface area contributed by atoms with Crippen molar-refractivity contribution < 1.29 is 17.9 Å². The number of carbonyl (C=O) groups excluding carboxylic acids is 1. The number of anilines is 2. The average molecular weight is 425 g/mol. The lowest BCUT2D eigenvalue weighted by atomic mass is 10.2. The predicted molar refractivity (Wildman–Crippen MR) is 114 cm³/mol. The van der Waals surface area contributed by atoms with E-state index in [0.717, 1.165) is 11.8 Å². The minimum absolute atomic E-state index is 0.189. The zero-order valence-electron chi connectivity index (χ0n) is 16.2. The van der Waals surface area contributed by atoms with Crippen LogP contribution in [0, 0.1) is 6.92 Å². The third-order valence-corrected chi connectivity index (χ3v) is 5.75. The number of carbonyl (C=O) groups is 1. The van der Waals surface area contributed by atoms with Gasteiger partial charge >= 0.3 is 0 Å². The van der Waals surface area contributed by atoms with Crippen LogP contribution in [0.2, 0.25) is 5.02 Å². The van der Waals surface area contributed by atoms with Gasteiger partial charge in [-0.1, -0.05) is 17.7 Å². The van der Waals surface area contributed by atoms with E-state index in [1.165, 1.54) is 4.31 Å². The van der Waals surface area contributed by atoms with E-state index in [9.17, 15) is 13.2 Å². The highest BCUT2D eigenvalue weighted by Gasteiger charge is 2.18. The third kappa shape index (κ3) is 6.14. The normalized spacial score (nSPS) is 11.1. The van der Waals surface area contributed by atoms with Crippen LogP contribution in [0.1, 0.15) is 25.3 Å². The second-order valence-electron chi connectivity index (χ2n) is 6.33. The van der Waals surface area contributed by atoms with Crippen LogP contribution in [0.4, 0.5) is 11.4 Å². The van der Waals surface area contributed by atoms with E-state index < -0.39 is 10.0 Å². The summed E-state index contributed by atoms with van der Waals surface area (Å²) in [5.41, 5.74) is 1.99. The summed E-state index contributed by atoms with van der Waals surface area (Å²) >= 11 is 6.06. The predicted octanol–water partition coefficient (Wildman–Crippen LogP) is 4.23. The first-order chi connectivity index (χ1) is 13.2. The van der Waals surface area contributed by atoms with Crippen LogP contribution in [-0.2, 0) is 14.8 Å². The highest BCUT2D eigenvalue weighted by molar-refractivity contribution is 7.92. The summed E-state index contributed by atoms with van der Waals surface area (Å²) in [6.07, 6.45) is 1.72. The standard InChI is InChI=1S/C20H25ClN2O4S/c1-4-27-17-12-10-16(11-13-17)23(28(3,25)26)14-6-9-20(24)22-19-8-5-7-18(21)15(19)2/h5,7-8,10-13H,4,6,9,14H2,1-3H3,(H,22,24). The molecule has 6 nitrogen and oxygen atoms in total. The summed E-state index contributed by atoms with van der Waals surface area (Å²) < 4.78 is 31.0. The molecule has 0 atom stereocenters. The van der Waals surface area contributed by atoms with E-state index >= 15 is 0 Å². The van der Waals surface area contributed by atoms with Gasteiger partial charge < -0.3 is 10.1 Å². The van der Waals surface area contributed by atoms with Gasteiger partial charge in [0.15, 0.2) is 0 Å². The zero-order chi connectivity index (χ0) is 20.7. The molecule has 2 aromatic carbocycles. The largest absolute Gasteiger partial charge is 0.494 e. The smallest absolute Gasteiger partial charge is 0.232 e. The number of halogens is 1. The van der Waals surface area contributed by atoms with Crippen molar-refractivity contribution in [2.75, 3.05) is 29.0 Å². The summed E-state index contributed by atoms with van der Waals surface area (Å²) in [5, 5.41) is 3.40. The van der Waals surface area contributed by atoms with E-state index in [-0.39, 0.29) is 18.9 Å². The highest BCUT2D eigenvalue weighted by Crippen LogP contribution is 2.24. The summed E-state index contributed by atoms with van der Waals surface area (Å²) in [7, 11) is -3.47. The Morgan fingerprint density at radius 3 is 2.46 bits per heavy atom. The Kier molecular flexibility index (Phi) is 7.71. The van der Waals surface area contributed by atoms with Gasteiger partial charge in [-0.2, -0.15) is 0 Å². The molecule has 0 aromatic heterocycles. The van der Waals surface area contributed by atoms with Crippen LogP contribution in [0.5, 0.6) is 5.75 Å². The fourth-order valence-corrected chi connectivity index (χ4v) is 3.84. The number of nitrogens with zero attached hydrogens (tertiary/aromatic N) is 1. The first-order valence-corrected chi connectivity index (χ1v) is 11.2. The topological polar surface area (TPSA) is 75.7 Å². The van der Waals surface area contributed by atoms with E-state index in [0.29, 0.717) is 35.2 Å². The van der Waals surface area contributed by atoms with Crippen molar-refractivity contribution in [2.45, 2.75) is 26.7 Å². The molecule has 0 radical (unpaired) electrons. The Morgan fingerprint density at radius 1 is 1.18 bits per heavy atom. The van der Waals surface area contributed by atoms with Crippen LogP contribution in [0.25, 0.3) is 0 Å². The fourth-order valence-electron chi connectivity index (χ4n) is 2.70. The first kappa shape index (κ1) is 22.0. The summed E-state index contributed by atoms with van der Waals surface area (Å²) in [4.78, 5) is 12.2. The monoisotopic (exact) mass is 424 g/mol. The van der Waals surface area contributed by atoms with Crippen LogP contribution < -0.4 is 14.4 Å². The molecule has 0 saturated carbocycles. The molecule has 0 fully saturated rings.